The number of amides is 1. The number of hydrogen-bond acceptors (Lipinski definition) is 8. The van der Waals surface area contributed by atoms with Gasteiger partial charge in [0.2, 0.25) is 5.13 Å². The van der Waals surface area contributed by atoms with Gasteiger partial charge in [0.05, 0.1) is 23.2 Å². The highest BCUT2D eigenvalue weighted by atomic mass is 79.9. The van der Waals surface area contributed by atoms with E-state index in [4.69, 9.17) is 4.74 Å². The van der Waals surface area contributed by atoms with E-state index in [2.05, 4.69) is 26.1 Å². The van der Waals surface area contributed by atoms with Crippen LogP contribution in [-0.2, 0) is 9.59 Å². The summed E-state index contributed by atoms with van der Waals surface area (Å²) in [5.74, 6) is -1.93. The molecule has 33 heavy (non-hydrogen) atoms. The Hall–Kier alpha value is -3.24. The molecular formula is C23H20BrN3O5S. The van der Waals surface area contributed by atoms with Crippen molar-refractivity contribution in [3.8, 4) is 11.5 Å². The van der Waals surface area contributed by atoms with Crippen LogP contribution in [0.5, 0.6) is 11.5 Å². The highest BCUT2D eigenvalue weighted by molar-refractivity contribution is 9.10. The smallest absolute Gasteiger partial charge is 0.301 e. The van der Waals surface area contributed by atoms with Gasteiger partial charge in [-0.3, -0.25) is 14.5 Å². The van der Waals surface area contributed by atoms with E-state index in [0.717, 1.165) is 22.5 Å². The molecule has 0 saturated carbocycles. The molecule has 1 saturated heterocycles. The van der Waals surface area contributed by atoms with Crippen LogP contribution in [0.4, 0.5) is 5.13 Å². The van der Waals surface area contributed by atoms with E-state index in [1.807, 2.05) is 26.0 Å². The molecule has 2 N–H and O–H groups in total. The van der Waals surface area contributed by atoms with Crippen LogP contribution in [0, 0.1) is 20.8 Å². The zero-order valence-corrected chi connectivity index (χ0v) is 20.6. The van der Waals surface area contributed by atoms with Gasteiger partial charge in [-0.05, 0) is 66.0 Å². The molecule has 0 aliphatic carbocycles. The van der Waals surface area contributed by atoms with Crippen LogP contribution >= 0.6 is 27.3 Å². The standard InChI is InChI=1S/C23H20BrN3O5S/c1-10-5-6-11(2)14(7-10)19(28)17-18(13-8-15(24)20(29)16(9-13)32-4)27(22(31)21(17)30)23-26-25-12(3)33-23/h5-9,18,28-29H,1-4H3/t18-/m1/s1. The minimum absolute atomic E-state index is 0.0822. The number of ether oxygens (including phenoxy) is 1. The molecule has 0 spiro atoms. The van der Waals surface area contributed by atoms with Crippen molar-refractivity contribution < 1.29 is 24.5 Å². The highest BCUT2D eigenvalue weighted by Gasteiger charge is 2.48. The average Bonchev–Trinajstić information content (AvgIpc) is 3.32. The van der Waals surface area contributed by atoms with Gasteiger partial charge in [0, 0.05) is 5.56 Å². The van der Waals surface area contributed by atoms with Gasteiger partial charge in [0.25, 0.3) is 5.78 Å². The van der Waals surface area contributed by atoms with Gasteiger partial charge in [-0.1, -0.05) is 29.0 Å². The zero-order chi connectivity index (χ0) is 24.0. The van der Waals surface area contributed by atoms with Crippen LogP contribution in [0.1, 0.15) is 33.3 Å². The molecule has 1 aliphatic rings. The molecule has 1 amide bonds. The van der Waals surface area contributed by atoms with E-state index in [-0.39, 0.29) is 28.0 Å². The summed E-state index contributed by atoms with van der Waals surface area (Å²) in [4.78, 5) is 27.7. The summed E-state index contributed by atoms with van der Waals surface area (Å²) in [5.41, 5.74) is 2.45. The van der Waals surface area contributed by atoms with Gasteiger partial charge >= 0.3 is 5.91 Å². The lowest BCUT2D eigenvalue weighted by atomic mass is 9.93. The Balaban J connectivity index is 2.03. The zero-order valence-electron chi connectivity index (χ0n) is 18.2. The summed E-state index contributed by atoms with van der Waals surface area (Å²) in [6.07, 6.45) is 0. The number of benzene rings is 2. The number of phenolic OH excluding ortho intramolecular Hbond substituents is 1. The number of halogens is 1. The number of aliphatic hydroxyl groups excluding tert-OH is 1. The molecule has 4 rings (SSSR count). The number of methoxy groups -OCH3 is 1. The normalized spacial score (nSPS) is 17.6. The van der Waals surface area contributed by atoms with Crippen LogP contribution in [0.25, 0.3) is 5.76 Å². The molecule has 3 aromatic rings. The number of aromatic nitrogens is 2. The number of aryl methyl sites for hydroxylation is 3. The van der Waals surface area contributed by atoms with Crippen molar-refractivity contribution in [2.75, 3.05) is 12.0 Å². The van der Waals surface area contributed by atoms with Gasteiger partial charge in [-0.2, -0.15) is 0 Å². The number of carbonyl (C=O) groups excluding carboxylic acids is 2. The van der Waals surface area contributed by atoms with E-state index < -0.39 is 17.7 Å². The van der Waals surface area contributed by atoms with Gasteiger partial charge in [-0.25, -0.2) is 0 Å². The molecule has 1 atom stereocenters. The molecule has 10 heteroatoms. The molecule has 8 nitrogen and oxygen atoms in total. The van der Waals surface area contributed by atoms with Gasteiger partial charge in [0.1, 0.15) is 10.8 Å². The topological polar surface area (TPSA) is 113 Å². The lowest BCUT2D eigenvalue weighted by Gasteiger charge is -2.23. The number of hydrogen-bond donors (Lipinski definition) is 2. The first-order valence-electron chi connectivity index (χ1n) is 9.89. The second kappa shape index (κ2) is 8.60. The molecule has 1 fully saturated rings. The number of nitrogens with zero attached hydrogens (tertiary/aromatic N) is 3. The maximum Gasteiger partial charge on any atom is 0.301 e. The molecule has 0 radical (unpaired) electrons. The SMILES string of the molecule is COc1cc([C@@H]2C(=C(O)c3cc(C)ccc3C)C(=O)C(=O)N2c2nnc(C)s2)cc(Br)c1O. The molecule has 2 aromatic carbocycles. The minimum atomic E-state index is -1.01. The number of ketones is 1. The van der Waals surface area contributed by atoms with E-state index >= 15 is 0 Å². The first-order valence-corrected chi connectivity index (χ1v) is 11.5. The highest BCUT2D eigenvalue weighted by Crippen LogP contribution is 2.46. The van der Waals surface area contributed by atoms with E-state index in [9.17, 15) is 19.8 Å². The van der Waals surface area contributed by atoms with Crippen LogP contribution in [-0.4, -0.2) is 39.2 Å². The second-order valence-corrected chi connectivity index (χ2v) is 9.66. The van der Waals surface area contributed by atoms with Crippen molar-refractivity contribution in [1.82, 2.24) is 10.2 Å². The maximum atomic E-state index is 13.3. The van der Waals surface area contributed by atoms with E-state index in [1.54, 1.807) is 19.1 Å². The van der Waals surface area contributed by atoms with Crippen LogP contribution in [0.15, 0.2) is 40.4 Å². The van der Waals surface area contributed by atoms with Crippen LogP contribution in [0.3, 0.4) is 0 Å². The number of rotatable bonds is 4. The Morgan fingerprint density at radius 3 is 2.52 bits per heavy atom. The third-order valence-corrected chi connectivity index (χ3v) is 6.84. The Bertz CT molecular complexity index is 1330. The van der Waals surface area contributed by atoms with Crippen molar-refractivity contribution in [3.05, 3.63) is 67.6 Å². The maximum absolute atomic E-state index is 13.3. The Labute approximate surface area is 202 Å². The van der Waals surface area contributed by atoms with Crippen LogP contribution in [0.2, 0.25) is 0 Å². The first kappa shape index (κ1) is 22.9. The summed E-state index contributed by atoms with van der Waals surface area (Å²) in [6, 6.07) is 7.58. The molecular weight excluding hydrogens is 510 g/mol. The molecule has 170 valence electrons. The summed E-state index contributed by atoms with van der Waals surface area (Å²) >= 11 is 4.45. The van der Waals surface area contributed by atoms with Crippen molar-refractivity contribution in [3.63, 3.8) is 0 Å². The van der Waals surface area contributed by atoms with Crippen molar-refractivity contribution in [2.24, 2.45) is 0 Å². The largest absolute Gasteiger partial charge is 0.507 e. The molecule has 2 heterocycles. The fraction of sp³-hybridized carbons (Fsp3) is 0.217. The quantitative estimate of drug-likeness (QED) is 0.289. The molecule has 1 aliphatic heterocycles. The molecule has 0 unspecified atom stereocenters. The summed E-state index contributed by atoms with van der Waals surface area (Å²) in [6.45, 7) is 5.43. The molecule has 0 bridgehead atoms. The fourth-order valence-corrected chi connectivity index (χ4v) is 4.95. The number of carbonyl (C=O) groups is 2. The number of phenols is 1. The third-order valence-electron chi connectivity index (χ3n) is 5.40. The monoisotopic (exact) mass is 529 g/mol. The van der Waals surface area contributed by atoms with Gasteiger partial charge in [-0.15, -0.1) is 10.2 Å². The Kier molecular flexibility index (Phi) is 5.98. The van der Waals surface area contributed by atoms with E-state index in [0.29, 0.717) is 20.6 Å². The predicted molar refractivity (Wildman–Crippen MR) is 128 cm³/mol. The summed E-state index contributed by atoms with van der Waals surface area (Å²) < 4.78 is 5.58. The number of anilines is 1. The first-order chi connectivity index (χ1) is 15.6. The van der Waals surface area contributed by atoms with Crippen molar-refractivity contribution in [1.29, 1.82) is 0 Å². The Morgan fingerprint density at radius 1 is 1.15 bits per heavy atom. The lowest BCUT2D eigenvalue weighted by Crippen LogP contribution is -2.29. The Morgan fingerprint density at radius 2 is 1.88 bits per heavy atom. The third kappa shape index (κ3) is 3.89. The lowest BCUT2D eigenvalue weighted by molar-refractivity contribution is -0.132. The summed E-state index contributed by atoms with van der Waals surface area (Å²) in [7, 11) is 1.40. The number of Topliss-reactive ketones (excluding diaryl/α,β-unsaturated/α-hetero) is 1. The molecule has 1 aromatic heterocycles. The van der Waals surface area contributed by atoms with Crippen molar-refractivity contribution >= 4 is 49.8 Å². The summed E-state index contributed by atoms with van der Waals surface area (Å²) in [5, 5.41) is 30.5. The average molecular weight is 530 g/mol. The predicted octanol–water partition coefficient (Wildman–Crippen LogP) is 4.57. The minimum Gasteiger partial charge on any atom is -0.507 e. The van der Waals surface area contributed by atoms with Crippen molar-refractivity contribution in [2.45, 2.75) is 26.8 Å². The van der Waals surface area contributed by atoms with Gasteiger partial charge < -0.3 is 14.9 Å². The number of aliphatic hydroxyl groups is 1. The second-order valence-electron chi connectivity index (χ2n) is 7.64. The van der Waals surface area contributed by atoms with E-state index in [1.165, 1.54) is 18.1 Å². The van der Waals surface area contributed by atoms with Gasteiger partial charge in [0.15, 0.2) is 11.5 Å². The number of aromatic hydroxyl groups is 1. The fourth-order valence-electron chi connectivity index (χ4n) is 3.77. The van der Waals surface area contributed by atoms with Crippen LogP contribution < -0.4 is 9.64 Å².